The first-order valence-corrected chi connectivity index (χ1v) is 13.1. The molecule has 0 unspecified atom stereocenters. The Morgan fingerprint density at radius 1 is 1.21 bits per heavy atom. The van der Waals surface area contributed by atoms with Gasteiger partial charge < -0.3 is 5.32 Å². The minimum atomic E-state index is -3.76. The second-order valence-corrected chi connectivity index (χ2v) is 10.6. The number of hydrogen-bond acceptors (Lipinski definition) is 7. The minimum absolute atomic E-state index is 0.146. The molecule has 4 aromatic rings. The molecular weight excluding hydrogens is 480 g/mol. The highest BCUT2D eigenvalue weighted by Gasteiger charge is 2.18. The summed E-state index contributed by atoms with van der Waals surface area (Å²) in [5.74, 6) is 0. The summed E-state index contributed by atoms with van der Waals surface area (Å²) in [5, 5.41) is 9.60. The predicted octanol–water partition coefficient (Wildman–Crippen LogP) is 4.16. The summed E-state index contributed by atoms with van der Waals surface area (Å²) in [4.78, 5) is 4.03. The highest BCUT2D eigenvalue weighted by molar-refractivity contribution is 7.93. The van der Waals surface area contributed by atoms with Gasteiger partial charge in [0.15, 0.2) is 0 Å². The number of rotatable bonds is 6. The Morgan fingerprint density at radius 3 is 2.97 bits per heavy atom. The maximum Gasteiger partial charge on any atom is 0.263 e. The number of hydrogen-bond donors (Lipinski definition) is 2. The van der Waals surface area contributed by atoms with E-state index in [2.05, 4.69) is 30.6 Å². The van der Waals surface area contributed by atoms with Crippen LogP contribution in [0.2, 0.25) is 5.02 Å². The Balaban J connectivity index is 1.46. The molecule has 170 valence electrons. The van der Waals surface area contributed by atoms with E-state index in [1.165, 1.54) is 11.9 Å². The van der Waals surface area contributed by atoms with Crippen molar-refractivity contribution >= 4 is 54.8 Å². The van der Waals surface area contributed by atoms with Crippen molar-refractivity contribution in [2.75, 3.05) is 17.8 Å². The standard InChI is InChI=1S/C22H21ClN6O2S2/c23-18-4-3-16(20(11-18)15-2-1-8-24-9-7-15)13-29-21-6-5-19(10-17(21)12-26-29)33(30,31)28-22-25-14-27-32-22/h3-7,10-12,14,24H,1-2,8-9,13H2,(H,25,27,28). The third-order valence-corrected chi connectivity index (χ3v) is 7.82. The van der Waals surface area contributed by atoms with Crippen molar-refractivity contribution in [2.24, 2.45) is 0 Å². The summed E-state index contributed by atoms with van der Waals surface area (Å²) >= 11 is 7.31. The number of anilines is 1. The number of sulfonamides is 1. The average molecular weight is 501 g/mol. The van der Waals surface area contributed by atoms with Crippen LogP contribution in [-0.2, 0) is 16.6 Å². The normalized spacial score (nSPS) is 14.8. The van der Waals surface area contributed by atoms with Crippen molar-refractivity contribution in [1.82, 2.24) is 24.5 Å². The zero-order valence-electron chi connectivity index (χ0n) is 17.5. The predicted molar refractivity (Wildman–Crippen MR) is 131 cm³/mol. The van der Waals surface area contributed by atoms with Crippen LogP contribution in [0.25, 0.3) is 16.5 Å². The third-order valence-electron chi connectivity index (χ3n) is 5.54. The van der Waals surface area contributed by atoms with Crippen LogP contribution in [-0.4, -0.2) is 40.6 Å². The number of nitrogens with zero attached hydrogens (tertiary/aromatic N) is 4. The summed E-state index contributed by atoms with van der Waals surface area (Å²) < 4.78 is 33.5. The number of nitrogens with one attached hydrogen (secondary N) is 2. The van der Waals surface area contributed by atoms with E-state index in [-0.39, 0.29) is 10.0 Å². The van der Waals surface area contributed by atoms with Crippen LogP contribution in [0.5, 0.6) is 0 Å². The van der Waals surface area contributed by atoms with E-state index in [1.807, 2.05) is 22.9 Å². The molecule has 0 atom stereocenters. The van der Waals surface area contributed by atoms with E-state index >= 15 is 0 Å². The molecule has 0 radical (unpaired) electrons. The molecule has 2 aromatic carbocycles. The summed E-state index contributed by atoms with van der Waals surface area (Å²) in [6.45, 7) is 2.39. The molecule has 33 heavy (non-hydrogen) atoms. The van der Waals surface area contributed by atoms with Crippen molar-refractivity contribution in [3.63, 3.8) is 0 Å². The molecule has 2 N–H and O–H groups in total. The number of benzene rings is 2. The van der Waals surface area contributed by atoms with Crippen LogP contribution in [0, 0.1) is 0 Å². The van der Waals surface area contributed by atoms with Crippen LogP contribution in [0.4, 0.5) is 5.13 Å². The van der Waals surface area contributed by atoms with Gasteiger partial charge in [0.25, 0.3) is 10.0 Å². The average Bonchev–Trinajstić information content (AvgIpc) is 3.36. The fraction of sp³-hybridized carbons (Fsp3) is 0.227. The van der Waals surface area contributed by atoms with Crippen molar-refractivity contribution < 1.29 is 8.42 Å². The summed E-state index contributed by atoms with van der Waals surface area (Å²) in [6.07, 6.45) is 7.28. The van der Waals surface area contributed by atoms with Gasteiger partial charge in [-0.1, -0.05) is 23.7 Å². The number of fused-ring (bicyclic) bond motifs is 1. The minimum Gasteiger partial charge on any atom is -0.313 e. The fourth-order valence-electron chi connectivity index (χ4n) is 3.95. The Labute approximate surface area is 200 Å². The zero-order chi connectivity index (χ0) is 22.8. The zero-order valence-corrected chi connectivity index (χ0v) is 19.9. The molecule has 2 aromatic heterocycles. The quantitative estimate of drug-likeness (QED) is 0.412. The summed E-state index contributed by atoms with van der Waals surface area (Å²) in [6, 6.07) is 10.9. The van der Waals surface area contributed by atoms with E-state index in [0.717, 1.165) is 59.5 Å². The van der Waals surface area contributed by atoms with E-state index in [0.29, 0.717) is 11.6 Å². The van der Waals surface area contributed by atoms with Gasteiger partial charge in [0.2, 0.25) is 5.13 Å². The van der Waals surface area contributed by atoms with Gasteiger partial charge >= 0.3 is 0 Å². The number of allylic oxidation sites excluding steroid dienone is 1. The second kappa shape index (κ2) is 9.22. The van der Waals surface area contributed by atoms with Crippen LogP contribution < -0.4 is 10.0 Å². The van der Waals surface area contributed by atoms with Gasteiger partial charge in [0, 0.05) is 28.5 Å². The molecule has 0 aliphatic carbocycles. The van der Waals surface area contributed by atoms with E-state index in [9.17, 15) is 8.42 Å². The van der Waals surface area contributed by atoms with Gasteiger partial charge in [-0.05, 0) is 66.4 Å². The number of aromatic nitrogens is 4. The number of halogens is 1. The lowest BCUT2D eigenvalue weighted by molar-refractivity contribution is 0.601. The van der Waals surface area contributed by atoms with E-state index < -0.39 is 10.0 Å². The van der Waals surface area contributed by atoms with Crippen molar-refractivity contribution in [1.29, 1.82) is 0 Å². The molecule has 11 heteroatoms. The lowest BCUT2D eigenvalue weighted by Gasteiger charge is -2.14. The lowest BCUT2D eigenvalue weighted by atomic mass is 9.96. The third kappa shape index (κ3) is 4.79. The van der Waals surface area contributed by atoms with Crippen LogP contribution >= 0.6 is 23.1 Å². The molecule has 0 fully saturated rings. The lowest BCUT2D eigenvalue weighted by Crippen LogP contribution is -2.12. The van der Waals surface area contributed by atoms with Crippen molar-refractivity contribution in [3.8, 4) is 0 Å². The summed E-state index contributed by atoms with van der Waals surface area (Å²) in [5.41, 5.74) is 4.38. The fourth-order valence-corrected chi connectivity index (χ4v) is 5.81. The van der Waals surface area contributed by atoms with E-state index in [4.69, 9.17) is 11.6 Å². The monoisotopic (exact) mass is 500 g/mol. The molecule has 0 amide bonds. The van der Waals surface area contributed by atoms with Crippen LogP contribution in [0.15, 0.2) is 59.9 Å². The van der Waals surface area contributed by atoms with Gasteiger partial charge in [0.1, 0.15) is 6.33 Å². The molecule has 0 bridgehead atoms. The Kier molecular flexibility index (Phi) is 6.15. The maximum atomic E-state index is 12.7. The van der Waals surface area contributed by atoms with Gasteiger partial charge in [-0.2, -0.15) is 9.47 Å². The molecule has 5 rings (SSSR count). The first kappa shape index (κ1) is 22.0. The van der Waals surface area contributed by atoms with Gasteiger partial charge in [0.05, 0.1) is 23.2 Å². The first-order valence-electron chi connectivity index (χ1n) is 10.4. The Hall–Kier alpha value is -2.79. The van der Waals surface area contributed by atoms with Gasteiger partial charge in [-0.3, -0.25) is 9.40 Å². The SMILES string of the molecule is O=S(=O)(Nc1ncns1)c1ccc2c(cnn2Cc2ccc(Cl)cc2C2=CCNCCC2)c1. The highest BCUT2D eigenvalue weighted by atomic mass is 35.5. The summed E-state index contributed by atoms with van der Waals surface area (Å²) in [7, 11) is -3.76. The van der Waals surface area contributed by atoms with E-state index in [1.54, 1.807) is 24.4 Å². The van der Waals surface area contributed by atoms with Crippen LogP contribution in [0.1, 0.15) is 24.0 Å². The molecule has 0 saturated heterocycles. The topological polar surface area (TPSA) is 102 Å². The van der Waals surface area contributed by atoms with Gasteiger partial charge in [-0.15, -0.1) is 0 Å². The molecule has 0 saturated carbocycles. The highest BCUT2D eigenvalue weighted by Crippen LogP contribution is 2.29. The Bertz CT molecular complexity index is 1430. The van der Waals surface area contributed by atoms with Crippen molar-refractivity contribution in [2.45, 2.75) is 24.3 Å². The first-order chi connectivity index (χ1) is 16.0. The molecule has 3 heterocycles. The van der Waals surface area contributed by atoms with Gasteiger partial charge in [-0.25, -0.2) is 13.4 Å². The molecule has 8 nitrogen and oxygen atoms in total. The Morgan fingerprint density at radius 2 is 2.12 bits per heavy atom. The van der Waals surface area contributed by atoms with Crippen LogP contribution in [0.3, 0.4) is 0 Å². The molecule has 0 spiro atoms. The van der Waals surface area contributed by atoms with Crippen molar-refractivity contribution in [3.05, 3.63) is 71.1 Å². The smallest absolute Gasteiger partial charge is 0.263 e. The largest absolute Gasteiger partial charge is 0.313 e. The molecule has 1 aliphatic rings. The second-order valence-electron chi connectivity index (χ2n) is 7.71. The molecular formula is C22H21ClN6O2S2. The molecule has 1 aliphatic heterocycles. The maximum absolute atomic E-state index is 12.7.